The van der Waals surface area contributed by atoms with Crippen LogP contribution in [0.25, 0.3) is 0 Å². The van der Waals surface area contributed by atoms with Crippen molar-refractivity contribution < 1.29 is 9.53 Å². The van der Waals surface area contributed by atoms with E-state index in [2.05, 4.69) is 36.7 Å². The molecule has 0 aliphatic carbocycles. The molecule has 108 valence electrons. The van der Waals surface area contributed by atoms with E-state index < -0.39 is 5.91 Å². The van der Waals surface area contributed by atoms with Crippen molar-refractivity contribution in [2.75, 3.05) is 7.11 Å². The molecular weight excluding hydrogens is 340 g/mol. The average molecular weight is 351 g/mol. The highest BCUT2D eigenvalue weighted by Crippen LogP contribution is 2.24. The van der Waals surface area contributed by atoms with E-state index in [0.717, 1.165) is 10.0 Å². The summed E-state index contributed by atoms with van der Waals surface area (Å²) >= 11 is 3.35. The van der Waals surface area contributed by atoms with Crippen molar-refractivity contribution >= 4 is 28.1 Å². The highest BCUT2D eigenvalue weighted by Gasteiger charge is 2.05. The molecule has 0 spiro atoms. The molecule has 1 heterocycles. The van der Waals surface area contributed by atoms with Gasteiger partial charge in [-0.2, -0.15) is 10.2 Å². The van der Waals surface area contributed by atoms with Crippen molar-refractivity contribution in [2.45, 2.75) is 0 Å². The lowest BCUT2D eigenvalue weighted by Gasteiger charge is -2.03. The second-order valence-electron chi connectivity index (χ2n) is 3.90. The van der Waals surface area contributed by atoms with Crippen LogP contribution in [0.4, 0.5) is 0 Å². The largest absolute Gasteiger partial charge is 0.496 e. The summed E-state index contributed by atoms with van der Waals surface area (Å²) < 4.78 is 5.89. The number of rotatable bonds is 4. The van der Waals surface area contributed by atoms with Crippen LogP contribution in [-0.2, 0) is 0 Å². The lowest BCUT2D eigenvalue weighted by molar-refractivity contribution is 0.0949. The number of hydrogen-bond acceptors (Lipinski definition) is 5. The standard InChI is InChI=1S/C13H11BrN4O3/c1-21-11-4-2-8(6-9(11)14)7-15-18-13(20)10-3-5-12(19)17-16-10/h2-7H,1H3,(H,17,19)(H,18,20). The number of nitrogens with one attached hydrogen (secondary N) is 2. The summed E-state index contributed by atoms with van der Waals surface area (Å²) in [6.07, 6.45) is 1.48. The van der Waals surface area contributed by atoms with Gasteiger partial charge in [0.05, 0.1) is 17.8 Å². The number of aromatic amines is 1. The molecular formula is C13H11BrN4O3. The molecule has 0 aliphatic heterocycles. The van der Waals surface area contributed by atoms with Crippen molar-refractivity contribution in [1.82, 2.24) is 15.6 Å². The predicted molar refractivity (Wildman–Crippen MR) is 80.6 cm³/mol. The number of H-pyrrole nitrogens is 1. The van der Waals surface area contributed by atoms with E-state index in [-0.39, 0.29) is 11.3 Å². The van der Waals surface area contributed by atoms with Gasteiger partial charge >= 0.3 is 0 Å². The molecule has 0 saturated heterocycles. The molecule has 21 heavy (non-hydrogen) atoms. The number of methoxy groups -OCH3 is 1. The van der Waals surface area contributed by atoms with Gasteiger partial charge < -0.3 is 4.74 Å². The molecule has 2 N–H and O–H groups in total. The van der Waals surface area contributed by atoms with E-state index in [4.69, 9.17) is 4.74 Å². The quantitative estimate of drug-likeness (QED) is 0.641. The average Bonchev–Trinajstić information content (AvgIpc) is 2.48. The fraction of sp³-hybridized carbons (Fsp3) is 0.0769. The Hall–Kier alpha value is -2.48. The Kier molecular flexibility index (Phi) is 4.83. The van der Waals surface area contributed by atoms with Gasteiger partial charge in [-0.15, -0.1) is 0 Å². The first kappa shape index (κ1) is 14.9. The van der Waals surface area contributed by atoms with Gasteiger partial charge in [-0.3, -0.25) is 9.59 Å². The highest BCUT2D eigenvalue weighted by molar-refractivity contribution is 9.10. The summed E-state index contributed by atoms with van der Waals surface area (Å²) in [6.45, 7) is 0. The molecule has 0 unspecified atom stereocenters. The molecule has 1 aromatic heterocycles. The molecule has 8 heteroatoms. The van der Waals surface area contributed by atoms with Crippen LogP contribution >= 0.6 is 15.9 Å². The van der Waals surface area contributed by atoms with Gasteiger partial charge in [0.15, 0.2) is 5.69 Å². The van der Waals surface area contributed by atoms with Crippen molar-refractivity contribution in [2.24, 2.45) is 5.10 Å². The molecule has 0 aliphatic rings. The van der Waals surface area contributed by atoms with Crippen LogP contribution in [-0.4, -0.2) is 29.4 Å². The first-order chi connectivity index (χ1) is 10.1. The van der Waals surface area contributed by atoms with E-state index in [1.165, 1.54) is 18.3 Å². The summed E-state index contributed by atoms with van der Waals surface area (Å²) in [5.74, 6) is 0.184. The summed E-state index contributed by atoms with van der Waals surface area (Å²) in [5.41, 5.74) is 2.78. The third kappa shape index (κ3) is 3.99. The second kappa shape index (κ2) is 6.80. The van der Waals surface area contributed by atoms with Gasteiger partial charge in [-0.05, 0) is 45.8 Å². The van der Waals surface area contributed by atoms with Crippen LogP contribution in [0.3, 0.4) is 0 Å². The number of benzene rings is 1. The first-order valence-corrected chi connectivity index (χ1v) is 6.62. The van der Waals surface area contributed by atoms with Crippen LogP contribution in [0.1, 0.15) is 16.1 Å². The van der Waals surface area contributed by atoms with Crippen LogP contribution in [0.2, 0.25) is 0 Å². The number of hydrazone groups is 1. The minimum absolute atomic E-state index is 0.0719. The number of ether oxygens (including phenoxy) is 1. The number of carbonyl (C=O) groups is 1. The van der Waals surface area contributed by atoms with Crippen molar-refractivity contribution in [3.63, 3.8) is 0 Å². The van der Waals surface area contributed by atoms with Crippen molar-refractivity contribution in [3.8, 4) is 5.75 Å². The fourth-order valence-electron chi connectivity index (χ4n) is 1.46. The Morgan fingerprint density at radius 3 is 2.86 bits per heavy atom. The third-order valence-electron chi connectivity index (χ3n) is 2.47. The Morgan fingerprint density at radius 2 is 2.24 bits per heavy atom. The minimum Gasteiger partial charge on any atom is -0.496 e. The SMILES string of the molecule is COc1ccc(C=NNC(=O)c2ccc(=O)[nH]n2)cc1Br. The molecule has 7 nitrogen and oxygen atoms in total. The number of nitrogens with zero attached hydrogens (tertiary/aromatic N) is 2. The van der Waals surface area contributed by atoms with Gasteiger partial charge in [-0.25, -0.2) is 10.5 Å². The van der Waals surface area contributed by atoms with E-state index in [9.17, 15) is 9.59 Å². The van der Waals surface area contributed by atoms with Crippen LogP contribution in [0.5, 0.6) is 5.75 Å². The first-order valence-electron chi connectivity index (χ1n) is 5.83. The highest BCUT2D eigenvalue weighted by atomic mass is 79.9. The van der Waals surface area contributed by atoms with Crippen molar-refractivity contribution in [1.29, 1.82) is 0 Å². The lowest BCUT2D eigenvalue weighted by atomic mass is 10.2. The fourth-order valence-corrected chi connectivity index (χ4v) is 2.01. The molecule has 2 rings (SSSR count). The lowest BCUT2D eigenvalue weighted by Crippen LogP contribution is -2.21. The van der Waals surface area contributed by atoms with Crippen LogP contribution < -0.4 is 15.7 Å². The van der Waals surface area contributed by atoms with Gasteiger partial charge in [0.2, 0.25) is 0 Å². The minimum atomic E-state index is -0.518. The zero-order chi connectivity index (χ0) is 15.2. The Bertz CT molecular complexity index is 722. The van der Waals surface area contributed by atoms with Gasteiger partial charge in [0, 0.05) is 6.07 Å². The van der Waals surface area contributed by atoms with Gasteiger partial charge in [-0.1, -0.05) is 0 Å². The topological polar surface area (TPSA) is 96.4 Å². The van der Waals surface area contributed by atoms with E-state index >= 15 is 0 Å². The zero-order valence-electron chi connectivity index (χ0n) is 11.0. The summed E-state index contributed by atoms with van der Waals surface area (Å²) in [6, 6.07) is 7.89. The summed E-state index contributed by atoms with van der Waals surface area (Å²) in [5, 5.41) is 9.58. The van der Waals surface area contributed by atoms with Gasteiger partial charge in [0.1, 0.15) is 5.75 Å². The smallest absolute Gasteiger partial charge is 0.291 e. The molecule has 0 fully saturated rings. The normalized spacial score (nSPS) is 10.6. The van der Waals surface area contributed by atoms with Crippen molar-refractivity contribution in [3.05, 3.63) is 56.4 Å². The van der Waals surface area contributed by atoms with E-state index in [1.807, 2.05) is 0 Å². The maximum absolute atomic E-state index is 11.7. The Balaban J connectivity index is 2.02. The number of carbonyl (C=O) groups excluding carboxylic acids is 1. The molecule has 2 aromatic rings. The molecule has 0 saturated carbocycles. The predicted octanol–water partition coefficient (Wildman–Crippen LogP) is 1.30. The van der Waals surface area contributed by atoms with Crippen LogP contribution in [0, 0.1) is 0 Å². The second-order valence-corrected chi connectivity index (χ2v) is 4.75. The number of halogens is 1. The Morgan fingerprint density at radius 1 is 1.43 bits per heavy atom. The molecule has 0 atom stereocenters. The number of amides is 1. The molecule has 0 radical (unpaired) electrons. The number of hydrogen-bond donors (Lipinski definition) is 2. The molecule has 1 amide bonds. The maximum Gasteiger partial charge on any atom is 0.291 e. The summed E-state index contributed by atoms with van der Waals surface area (Å²) in [7, 11) is 1.57. The van der Waals surface area contributed by atoms with Crippen LogP contribution in [0.15, 0.2) is 44.7 Å². The number of aromatic nitrogens is 2. The monoisotopic (exact) mass is 350 g/mol. The maximum atomic E-state index is 11.7. The van der Waals surface area contributed by atoms with Gasteiger partial charge in [0.25, 0.3) is 11.5 Å². The van der Waals surface area contributed by atoms with E-state index in [1.54, 1.807) is 25.3 Å². The van der Waals surface area contributed by atoms with E-state index in [0.29, 0.717) is 5.75 Å². The summed E-state index contributed by atoms with van der Waals surface area (Å²) in [4.78, 5) is 22.5. The zero-order valence-corrected chi connectivity index (χ0v) is 12.5. The molecule has 0 bridgehead atoms. The molecule has 1 aromatic carbocycles. The third-order valence-corrected chi connectivity index (χ3v) is 3.09. The Labute approximate surface area is 128 Å².